The lowest BCUT2D eigenvalue weighted by Gasteiger charge is -2.28. The highest BCUT2D eigenvalue weighted by atomic mass is 127. The first kappa shape index (κ1) is 16.6. The number of phenols is 1. The van der Waals surface area contributed by atoms with Crippen LogP contribution in [0, 0.1) is 3.57 Å². The lowest BCUT2D eigenvalue weighted by Crippen LogP contribution is -2.54. The number of halogens is 1. The molecule has 0 unspecified atom stereocenters. The normalized spacial score (nSPS) is 16.5. The number of carbonyl (C=O) groups is 2. The molecule has 0 aliphatic carbocycles. The Labute approximate surface area is 157 Å². The van der Waals surface area contributed by atoms with Gasteiger partial charge < -0.3 is 5.11 Å². The number of thiocarbonyl (C=S) groups is 1. The number of carbonyl (C=O) groups excluding carboxylic acids is 2. The molecule has 24 heavy (non-hydrogen) atoms. The Hall–Kier alpha value is -2.26. The van der Waals surface area contributed by atoms with Crippen LogP contribution in [0.5, 0.6) is 5.75 Å². The Bertz CT molecular complexity index is 881. The van der Waals surface area contributed by atoms with E-state index >= 15 is 0 Å². The Kier molecular flexibility index (Phi) is 4.63. The lowest BCUT2D eigenvalue weighted by atomic mass is 10.1. The average Bonchev–Trinajstić information content (AvgIpc) is 2.55. The molecule has 0 atom stereocenters. The van der Waals surface area contributed by atoms with Gasteiger partial charge in [-0.3, -0.25) is 19.8 Å². The maximum Gasteiger partial charge on any atom is 0.270 e. The number of hydrogen-bond acceptors (Lipinski definition) is 4. The summed E-state index contributed by atoms with van der Waals surface area (Å²) in [5.41, 5.74) is 1.20. The molecule has 0 spiro atoms. The monoisotopic (exact) mass is 450 g/mol. The fraction of sp³-hybridized carbons (Fsp3) is 0. The van der Waals surface area contributed by atoms with Crippen molar-refractivity contribution < 1.29 is 14.7 Å². The molecule has 5 nitrogen and oxygen atoms in total. The molecule has 3 rings (SSSR count). The molecule has 7 heteroatoms. The standard InChI is InChI=1S/C17H11IN2O3S/c18-13-9-10(6-7-14(13)21)8-12-15(22)19-17(24)20(16(12)23)11-4-2-1-3-5-11/h1-9,21H,(H,19,22,24)/b12-8+. The third kappa shape index (κ3) is 3.17. The number of para-hydroxylation sites is 1. The second-order valence-electron chi connectivity index (χ2n) is 5.00. The smallest absolute Gasteiger partial charge is 0.270 e. The third-order valence-electron chi connectivity index (χ3n) is 3.40. The van der Waals surface area contributed by atoms with E-state index in [1.807, 2.05) is 28.7 Å². The maximum atomic E-state index is 12.8. The van der Waals surface area contributed by atoms with Crippen molar-refractivity contribution in [2.24, 2.45) is 0 Å². The van der Waals surface area contributed by atoms with Crippen LogP contribution in [0.15, 0.2) is 54.1 Å². The van der Waals surface area contributed by atoms with Gasteiger partial charge >= 0.3 is 0 Å². The summed E-state index contributed by atoms with van der Waals surface area (Å²) in [6.45, 7) is 0. The minimum Gasteiger partial charge on any atom is -0.507 e. The van der Waals surface area contributed by atoms with E-state index in [9.17, 15) is 14.7 Å². The molecule has 2 N–H and O–H groups in total. The third-order valence-corrected chi connectivity index (χ3v) is 4.55. The fourth-order valence-electron chi connectivity index (χ4n) is 2.25. The minimum absolute atomic E-state index is 0.0195. The number of nitrogens with zero attached hydrogens (tertiary/aromatic N) is 1. The second kappa shape index (κ2) is 6.70. The average molecular weight is 450 g/mol. The predicted molar refractivity (Wildman–Crippen MR) is 103 cm³/mol. The number of phenolic OH excluding ortho intramolecular Hbond substituents is 1. The number of aromatic hydroxyl groups is 1. The molecular formula is C17H11IN2O3S. The summed E-state index contributed by atoms with van der Waals surface area (Å²) in [6, 6.07) is 13.7. The Morgan fingerprint density at radius 3 is 2.50 bits per heavy atom. The number of benzene rings is 2. The van der Waals surface area contributed by atoms with Gasteiger partial charge in [0, 0.05) is 0 Å². The van der Waals surface area contributed by atoms with E-state index in [0.717, 1.165) is 0 Å². The highest BCUT2D eigenvalue weighted by Crippen LogP contribution is 2.24. The van der Waals surface area contributed by atoms with Gasteiger partial charge in [-0.1, -0.05) is 24.3 Å². The molecule has 1 aliphatic rings. The van der Waals surface area contributed by atoms with Crippen LogP contribution in [0.3, 0.4) is 0 Å². The SMILES string of the molecule is O=C1NC(=S)N(c2ccccc2)C(=O)/C1=C/c1ccc(O)c(I)c1. The zero-order chi connectivity index (χ0) is 17.3. The van der Waals surface area contributed by atoms with Crippen molar-refractivity contribution in [3.8, 4) is 5.75 Å². The van der Waals surface area contributed by atoms with Crippen LogP contribution in [0.25, 0.3) is 6.08 Å². The van der Waals surface area contributed by atoms with Gasteiger partial charge in [-0.25, -0.2) is 0 Å². The zero-order valence-corrected chi connectivity index (χ0v) is 15.2. The molecule has 2 amide bonds. The van der Waals surface area contributed by atoms with Crippen molar-refractivity contribution in [2.75, 3.05) is 4.90 Å². The molecule has 2 aromatic rings. The summed E-state index contributed by atoms with van der Waals surface area (Å²) in [5.74, 6) is -0.887. The second-order valence-corrected chi connectivity index (χ2v) is 6.55. The van der Waals surface area contributed by atoms with Crippen molar-refractivity contribution in [2.45, 2.75) is 0 Å². The number of anilines is 1. The van der Waals surface area contributed by atoms with Gasteiger partial charge in [0.1, 0.15) is 11.3 Å². The summed E-state index contributed by atoms with van der Waals surface area (Å²) < 4.78 is 0.626. The van der Waals surface area contributed by atoms with Crippen LogP contribution >= 0.6 is 34.8 Å². The number of rotatable bonds is 2. The van der Waals surface area contributed by atoms with Gasteiger partial charge in [-0.15, -0.1) is 0 Å². The maximum absolute atomic E-state index is 12.8. The minimum atomic E-state index is -0.541. The van der Waals surface area contributed by atoms with Crippen molar-refractivity contribution in [1.82, 2.24) is 5.32 Å². The molecule has 0 radical (unpaired) electrons. The molecule has 1 saturated heterocycles. The Morgan fingerprint density at radius 2 is 1.83 bits per heavy atom. The lowest BCUT2D eigenvalue weighted by molar-refractivity contribution is -0.122. The highest BCUT2D eigenvalue weighted by Gasteiger charge is 2.34. The molecule has 120 valence electrons. The summed E-state index contributed by atoms with van der Waals surface area (Å²) in [6.07, 6.45) is 1.48. The van der Waals surface area contributed by atoms with E-state index in [1.54, 1.807) is 36.4 Å². The van der Waals surface area contributed by atoms with Crippen LogP contribution in [0.2, 0.25) is 0 Å². The van der Waals surface area contributed by atoms with Gasteiger partial charge in [-0.2, -0.15) is 0 Å². The van der Waals surface area contributed by atoms with Crippen LogP contribution in [0.1, 0.15) is 5.56 Å². The number of nitrogens with one attached hydrogen (secondary N) is 1. The van der Waals surface area contributed by atoms with E-state index in [2.05, 4.69) is 5.32 Å². The zero-order valence-electron chi connectivity index (χ0n) is 12.2. The van der Waals surface area contributed by atoms with Crippen molar-refractivity contribution in [3.05, 3.63) is 63.2 Å². The first-order valence-electron chi connectivity index (χ1n) is 6.92. The number of hydrogen-bond donors (Lipinski definition) is 2. The molecule has 1 heterocycles. The van der Waals surface area contributed by atoms with Crippen LogP contribution in [-0.2, 0) is 9.59 Å². The van der Waals surface area contributed by atoms with E-state index in [1.165, 1.54) is 17.0 Å². The topological polar surface area (TPSA) is 69.6 Å². The van der Waals surface area contributed by atoms with E-state index in [-0.39, 0.29) is 16.4 Å². The molecule has 0 bridgehead atoms. The summed E-state index contributed by atoms with van der Waals surface area (Å²) in [7, 11) is 0. The summed E-state index contributed by atoms with van der Waals surface area (Å²) in [5, 5.41) is 12.2. The fourth-order valence-corrected chi connectivity index (χ4v) is 3.07. The van der Waals surface area contributed by atoms with Crippen LogP contribution in [-0.4, -0.2) is 22.0 Å². The molecule has 1 fully saturated rings. The number of amides is 2. The van der Waals surface area contributed by atoms with Gasteiger partial charge in [0.2, 0.25) is 0 Å². The summed E-state index contributed by atoms with van der Waals surface area (Å²) >= 11 is 7.11. The molecule has 0 saturated carbocycles. The van der Waals surface area contributed by atoms with Gasteiger partial charge in [-0.05, 0) is 70.7 Å². The first-order chi connectivity index (χ1) is 11.5. The quantitative estimate of drug-likeness (QED) is 0.320. The predicted octanol–water partition coefficient (Wildman–Crippen LogP) is 2.83. The molecule has 2 aromatic carbocycles. The van der Waals surface area contributed by atoms with Gasteiger partial charge in [0.05, 0.1) is 9.26 Å². The van der Waals surface area contributed by atoms with Crippen molar-refractivity contribution >= 4 is 63.5 Å². The largest absolute Gasteiger partial charge is 0.507 e. The highest BCUT2D eigenvalue weighted by molar-refractivity contribution is 14.1. The Balaban J connectivity index is 2.02. The van der Waals surface area contributed by atoms with Crippen LogP contribution < -0.4 is 10.2 Å². The van der Waals surface area contributed by atoms with Gasteiger partial charge in [0.25, 0.3) is 11.8 Å². The van der Waals surface area contributed by atoms with E-state index < -0.39 is 11.8 Å². The van der Waals surface area contributed by atoms with Crippen molar-refractivity contribution in [1.29, 1.82) is 0 Å². The van der Waals surface area contributed by atoms with Crippen molar-refractivity contribution in [3.63, 3.8) is 0 Å². The van der Waals surface area contributed by atoms with Crippen LogP contribution in [0.4, 0.5) is 5.69 Å². The molecular weight excluding hydrogens is 439 g/mol. The van der Waals surface area contributed by atoms with E-state index in [0.29, 0.717) is 14.8 Å². The molecule has 1 aliphatic heterocycles. The Morgan fingerprint density at radius 1 is 1.12 bits per heavy atom. The summed E-state index contributed by atoms with van der Waals surface area (Å²) in [4.78, 5) is 26.2. The first-order valence-corrected chi connectivity index (χ1v) is 8.41. The molecule has 0 aromatic heterocycles. The van der Waals surface area contributed by atoms with Gasteiger partial charge in [0.15, 0.2) is 5.11 Å². The van der Waals surface area contributed by atoms with E-state index in [4.69, 9.17) is 12.2 Å².